The Kier molecular flexibility index (Phi) is 11.6. The molecule has 226 valence electrons. The van der Waals surface area contributed by atoms with Gasteiger partial charge in [-0.25, -0.2) is 21.6 Å². The zero-order chi connectivity index (χ0) is 30.9. The standard InChI is InChI=1S/C31H36F3N3O4S/c1-4-22(2)35-31(39)29(19-23-9-6-5-7-10-23)36(21-24-12-14-25(32)15-13-24)30(38)11-8-18-37(42(3,40)41)26-16-17-27(33)28(34)20-26/h5-7,9-10,12-17,20,22,29H,4,8,11,18-19,21H2,1-3H3,(H,35,39)/t22-,29-/m1/s1. The lowest BCUT2D eigenvalue weighted by Crippen LogP contribution is -2.52. The number of halogens is 3. The van der Waals surface area contributed by atoms with E-state index >= 15 is 0 Å². The van der Waals surface area contributed by atoms with Crippen molar-refractivity contribution in [3.05, 3.63) is 101 Å². The molecule has 0 saturated heterocycles. The minimum atomic E-state index is -3.89. The molecular weight excluding hydrogens is 567 g/mol. The zero-order valence-corrected chi connectivity index (χ0v) is 24.7. The number of anilines is 1. The van der Waals surface area contributed by atoms with E-state index in [0.29, 0.717) is 12.0 Å². The van der Waals surface area contributed by atoms with Crippen LogP contribution in [0.25, 0.3) is 0 Å². The third-order valence-corrected chi connectivity index (χ3v) is 8.08. The molecule has 0 saturated carbocycles. The lowest BCUT2D eigenvalue weighted by molar-refractivity contribution is -0.141. The van der Waals surface area contributed by atoms with Gasteiger partial charge in [0.1, 0.15) is 11.9 Å². The van der Waals surface area contributed by atoms with Gasteiger partial charge in [0.2, 0.25) is 21.8 Å². The molecule has 0 spiro atoms. The number of nitrogens with zero attached hydrogens (tertiary/aromatic N) is 2. The van der Waals surface area contributed by atoms with Gasteiger partial charge in [0.25, 0.3) is 0 Å². The van der Waals surface area contributed by atoms with Gasteiger partial charge in [0.15, 0.2) is 11.6 Å². The number of amides is 2. The van der Waals surface area contributed by atoms with E-state index in [1.54, 1.807) is 0 Å². The SMILES string of the molecule is CC[C@@H](C)NC(=O)[C@@H](Cc1ccccc1)N(Cc1ccc(F)cc1)C(=O)CCCN(c1ccc(F)c(F)c1)S(C)(=O)=O. The minimum absolute atomic E-state index is 0.0174. The summed E-state index contributed by atoms with van der Waals surface area (Å²) < 4.78 is 66.8. The fourth-order valence-corrected chi connectivity index (χ4v) is 5.38. The van der Waals surface area contributed by atoms with Gasteiger partial charge in [-0.3, -0.25) is 13.9 Å². The Morgan fingerprint density at radius 3 is 2.17 bits per heavy atom. The second-order valence-corrected chi connectivity index (χ2v) is 12.1. The van der Waals surface area contributed by atoms with Gasteiger partial charge in [0.05, 0.1) is 11.9 Å². The van der Waals surface area contributed by atoms with Crippen LogP contribution in [0.2, 0.25) is 0 Å². The van der Waals surface area contributed by atoms with E-state index in [-0.39, 0.29) is 50.0 Å². The topological polar surface area (TPSA) is 86.8 Å². The van der Waals surface area contributed by atoms with Crippen molar-refractivity contribution in [2.24, 2.45) is 0 Å². The van der Waals surface area contributed by atoms with Crippen LogP contribution in [-0.4, -0.2) is 50.0 Å². The summed E-state index contributed by atoms with van der Waals surface area (Å²) in [6.07, 6.45) is 1.74. The highest BCUT2D eigenvalue weighted by Crippen LogP contribution is 2.22. The molecule has 0 bridgehead atoms. The zero-order valence-electron chi connectivity index (χ0n) is 23.9. The Labute approximate surface area is 245 Å². The maximum Gasteiger partial charge on any atom is 0.243 e. The van der Waals surface area contributed by atoms with Crippen molar-refractivity contribution in [2.45, 2.75) is 58.2 Å². The number of nitrogens with one attached hydrogen (secondary N) is 1. The van der Waals surface area contributed by atoms with Crippen LogP contribution in [0.5, 0.6) is 0 Å². The van der Waals surface area contributed by atoms with E-state index in [4.69, 9.17) is 0 Å². The van der Waals surface area contributed by atoms with E-state index in [2.05, 4.69) is 5.32 Å². The molecule has 0 aliphatic heterocycles. The summed E-state index contributed by atoms with van der Waals surface area (Å²) in [7, 11) is -3.89. The molecule has 3 aromatic rings. The van der Waals surface area contributed by atoms with Gasteiger partial charge in [-0.15, -0.1) is 0 Å². The molecule has 1 N–H and O–H groups in total. The summed E-state index contributed by atoms with van der Waals surface area (Å²) >= 11 is 0. The Balaban J connectivity index is 1.89. The molecular formula is C31H36F3N3O4S. The van der Waals surface area contributed by atoms with Crippen LogP contribution in [0.15, 0.2) is 72.8 Å². The summed E-state index contributed by atoms with van der Waals surface area (Å²) in [4.78, 5) is 28.7. The van der Waals surface area contributed by atoms with Crippen molar-refractivity contribution in [3.63, 3.8) is 0 Å². The molecule has 3 rings (SSSR count). The summed E-state index contributed by atoms with van der Waals surface area (Å²) in [5.74, 6) is -3.51. The highest BCUT2D eigenvalue weighted by atomic mass is 32.2. The van der Waals surface area contributed by atoms with Gasteiger partial charge < -0.3 is 10.2 Å². The second kappa shape index (κ2) is 14.9. The number of hydrogen-bond donors (Lipinski definition) is 1. The smallest absolute Gasteiger partial charge is 0.243 e. The first-order valence-corrected chi connectivity index (χ1v) is 15.5. The van der Waals surface area contributed by atoms with Crippen LogP contribution in [0.1, 0.15) is 44.2 Å². The van der Waals surface area contributed by atoms with E-state index < -0.39 is 39.4 Å². The molecule has 7 nitrogen and oxygen atoms in total. The first-order chi connectivity index (χ1) is 19.9. The van der Waals surface area contributed by atoms with Crippen molar-refractivity contribution in [1.82, 2.24) is 10.2 Å². The average molecular weight is 604 g/mol. The number of carbonyl (C=O) groups is 2. The lowest BCUT2D eigenvalue weighted by atomic mass is 10.0. The van der Waals surface area contributed by atoms with Crippen molar-refractivity contribution in [2.75, 3.05) is 17.1 Å². The predicted octanol–water partition coefficient (Wildman–Crippen LogP) is 5.20. The third-order valence-electron chi connectivity index (χ3n) is 6.88. The molecule has 0 unspecified atom stereocenters. The van der Waals surface area contributed by atoms with Crippen LogP contribution in [0.3, 0.4) is 0 Å². The van der Waals surface area contributed by atoms with Crippen molar-refractivity contribution >= 4 is 27.5 Å². The highest BCUT2D eigenvalue weighted by molar-refractivity contribution is 7.92. The summed E-state index contributed by atoms with van der Waals surface area (Å²) in [5.41, 5.74) is 1.38. The fourth-order valence-electron chi connectivity index (χ4n) is 4.43. The van der Waals surface area contributed by atoms with Crippen molar-refractivity contribution in [3.8, 4) is 0 Å². The van der Waals surface area contributed by atoms with Crippen LogP contribution in [0.4, 0.5) is 18.9 Å². The van der Waals surface area contributed by atoms with Gasteiger partial charge in [-0.2, -0.15) is 0 Å². The predicted molar refractivity (Wildman–Crippen MR) is 157 cm³/mol. The molecule has 11 heteroatoms. The average Bonchev–Trinajstić information content (AvgIpc) is 2.95. The number of rotatable bonds is 14. The fraction of sp³-hybridized carbons (Fsp3) is 0.355. The Hall–Kier alpha value is -3.86. The quantitative estimate of drug-likeness (QED) is 0.274. The van der Waals surface area contributed by atoms with Gasteiger partial charge in [0, 0.05) is 38.0 Å². The molecule has 0 heterocycles. The van der Waals surface area contributed by atoms with E-state index in [0.717, 1.165) is 34.3 Å². The van der Waals surface area contributed by atoms with Crippen LogP contribution >= 0.6 is 0 Å². The molecule has 0 aliphatic rings. The van der Waals surface area contributed by atoms with Gasteiger partial charge in [-0.1, -0.05) is 49.4 Å². The monoisotopic (exact) mass is 603 g/mol. The Morgan fingerprint density at radius 1 is 0.905 bits per heavy atom. The molecule has 2 amide bonds. The molecule has 2 atom stereocenters. The summed E-state index contributed by atoms with van der Waals surface area (Å²) in [6.45, 7) is 3.63. The lowest BCUT2D eigenvalue weighted by Gasteiger charge is -2.32. The Morgan fingerprint density at radius 2 is 1.57 bits per heavy atom. The van der Waals surface area contributed by atoms with Crippen LogP contribution in [0, 0.1) is 17.5 Å². The number of carbonyl (C=O) groups excluding carboxylic acids is 2. The number of hydrogen-bond acceptors (Lipinski definition) is 4. The molecule has 0 aliphatic carbocycles. The third kappa shape index (κ3) is 9.34. The molecule has 0 radical (unpaired) electrons. The van der Waals surface area contributed by atoms with E-state index in [1.165, 1.54) is 29.2 Å². The largest absolute Gasteiger partial charge is 0.352 e. The number of benzene rings is 3. The molecule has 0 fully saturated rings. The first-order valence-electron chi connectivity index (χ1n) is 13.7. The highest BCUT2D eigenvalue weighted by Gasteiger charge is 2.31. The van der Waals surface area contributed by atoms with E-state index in [9.17, 15) is 31.2 Å². The summed E-state index contributed by atoms with van der Waals surface area (Å²) in [5, 5.41) is 2.96. The van der Waals surface area contributed by atoms with Crippen molar-refractivity contribution in [1.29, 1.82) is 0 Å². The molecule has 42 heavy (non-hydrogen) atoms. The number of sulfonamides is 1. The maximum atomic E-state index is 13.9. The van der Waals surface area contributed by atoms with Crippen molar-refractivity contribution < 1.29 is 31.2 Å². The van der Waals surface area contributed by atoms with Crippen LogP contribution < -0.4 is 9.62 Å². The molecule has 0 aromatic heterocycles. The first kappa shape index (κ1) is 32.7. The minimum Gasteiger partial charge on any atom is -0.352 e. The Bertz CT molecular complexity index is 1450. The normalized spacial score (nSPS) is 12.8. The van der Waals surface area contributed by atoms with Crippen LogP contribution in [-0.2, 0) is 32.6 Å². The van der Waals surface area contributed by atoms with E-state index in [1.807, 2.05) is 44.2 Å². The van der Waals surface area contributed by atoms with Gasteiger partial charge in [-0.05, 0) is 55.2 Å². The summed E-state index contributed by atoms with van der Waals surface area (Å²) in [6, 6.07) is 16.6. The van der Waals surface area contributed by atoms with Gasteiger partial charge >= 0.3 is 0 Å². The second-order valence-electron chi connectivity index (χ2n) is 10.2. The molecule has 3 aromatic carbocycles. The maximum absolute atomic E-state index is 13.9.